The molecule has 0 aliphatic carbocycles. The molecule has 0 bridgehead atoms. The summed E-state index contributed by atoms with van der Waals surface area (Å²) in [4.78, 5) is 42.6. The zero-order valence-electron chi connectivity index (χ0n) is 26.8. The number of hydrogen-bond acceptors (Lipinski definition) is 6. The van der Waals surface area contributed by atoms with Crippen molar-refractivity contribution in [3.63, 3.8) is 0 Å². The van der Waals surface area contributed by atoms with Gasteiger partial charge in [-0.15, -0.1) is 11.8 Å². The lowest BCUT2D eigenvalue weighted by molar-refractivity contribution is -0.124. The summed E-state index contributed by atoms with van der Waals surface area (Å²) in [7, 11) is 1.57. The molecule has 0 saturated carbocycles. The quantitative estimate of drug-likeness (QED) is 0.175. The normalized spacial score (nSPS) is 20.8. The van der Waals surface area contributed by atoms with Crippen LogP contribution in [0.2, 0.25) is 0 Å². The molecule has 0 spiro atoms. The molecular weight excluding hydrogens is 611 g/mol. The predicted octanol–water partition coefficient (Wildman–Crippen LogP) is 6.63. The maximum atomic E-state index is 13.5. The van der Waals surface area contributed by atoms with Crippen LogP contribution < -0.4 is 5.32 Å². The molecule has 1 N–H and O–H groups in total. The van der Waals surface area contributed by atoms with Crippen molar-refractivity contribution in [3.05, 3.63) is 133 Å². The fraction of sp³-hybridized carbons (Fsp3) is 0.342. The fourth-order valence-electron chi connectivity index (χ4n) is 6.90. The molecule has 0 aromatic heterocycles. The molecule has 2 fully saturated rings. The van der Waals surface area contributed by atoms with E-state index in [0.29, 0.717) is 25.9 Å². The van der Waals surface area contributed by atoms with Gasteiger partial charge in [0.15, 0.2) is 0 Å². The lowest BCUT2D eigenvalue weighted by atomic mass is 9.84. The number of carbonyl (C=O) groups is 3. The molecule has 8 nitrogen and oxygen atoms in total. The second-order valence-electron chi connectivity index (χ2n) is 11.9. The predicted molar refractivity (Wildman–Crippen MR) is 186 cm³/mol. The summed E-state index contributed by atoms with van der Waals surface area (Å²) < 4.78 is 10.4. The number of carbonyl (C=O) groups excluding carboxylic acids is 3. The van der Waals surface area contributed by atoms with Gasteiger partial charge in [-0.3, -0.25) is 9.69 Å². The molecule has 3 amide bonds. The van der Waals surface area contributed by atoms with Gasteiger partial charge in [-0.25, -0.2) is 9.59 Å². The van der Waals surface area contributed by atoms with Gasteiger partial charge in [0, 0.05) is 31.4 Å². The van der Waals surface area contributed by atoms with E-state index >= 15 is 0 Å². The summed E-state index contributed by atoms with van der Waals surface area (Å²) >= 11 is 1.86. The minimum atomic E-state index is -0.642. The molecule has 2 heterocycles. The third kappa shape index (κ3) is 7.57. The number of likely N-dealkylation sites (tertiary alicyclic amines) is 2. The Morgan fingerprint density at radius 2 is 1.28 bits per heavy atom. The topological polar surface area (TPSA) is 88.2 Å². The summed E-state index contributed by atoms with van der Waals surface area (Å²) in [5.41, 5.74) is 3.47. The van der Waals surface area contributed by atoms with Crippen molar-refractivity contribution in [2.24, 2.45) is 5.92 Å². The Balaban J connectivity index is 1.46. The molecule has 3 aromatic rings. The van der Waals surface area contributed by atoms with Crippen molar-refractivity contribution in [1.29, 1.82) is 0 Å². The van der Waals surface area contributed by atoms with Crippen molar-refractivity contribution in [1.82, 2.24) is 15.1 Å². The number of ether oxygens (including phenoxy) is 2. The standard InChI is InChI=1S/C38H43N3O5S/c1-4-21-45-36(43)40-27-33(25-32(40)23-28-24-34(35(42)39-3)41(26-28)37(44)46-22-5-2)47-38(29-15-9-6-10-16-29,30-17-11-7-12-18-30)31-19-13-8-14-20-31/h4-20,28,32-34H,1-2,21-27H2,3H3,(H,39,42)/t28?,32-,33+,34+/m1/s1. The first kappa shape index (κ1) is 33.9. The summed E-state index contributed by atoms with van der Waals surface area (Å²) in [5, 5.41) is 2.74. The number of nitrogens with zero attached hydrogens (tertiary/aromatic N) is 2. The Bertz CT molecular complexity index is 1420. The molecule has 3 aromatic carbocycles. The fourth-order valence-corrected chi connectivity index (χ4v) is 8.77. The first-order valence-electron chi connectivity index (χ1n) is 16.1. The summed E-state index contributed by atoms with van der Waals surface area (Å²) in [6.07, 6.45) is 3.97. The van der Waals surface area contributed by atoms with Crippen LogP contribution in [-0.2, 0) is 19.0 Å². The number of thioether (sulfide) groups is 1. The lowest BCUT2D eigenvalue weighted by Gasteiger charge is -2.37. The minimum absolute atomic E-state index is 0.0147. The molecule has 246 valence electrons. The Kier molecular flexibility index (Phi) is 11.4. The molecule has 2 aliphatic rings. The zero-order chi connectivity index (χ0) is 33.2. The van der Waals surface area contributed by atoms with E-state index in [1.165, 1.54) is 11.0 Å². The van der Waals surface area contributed by atoms with Gasteiger partial charge < -0.3 is 19.7 Å². The smallest absolute Gasteiger partial charge is 0.410 e. The van der Waals surface area contributed by atoms with Crippen LogP contribution in [0.15, 0.2) is 116 Å². The average Bonchev–Trinajstić information content (AvgIpc) is 3.73. The first-order valence-corrected chi connectivity index (χ1v) is 16.9. The summed E-state index contributed by atoms with van der Waals surface area (Å²) in [5.74, 6) is -0.248. The molecule has 47 heavy (non-hydrogen) atoms. The molecule has 4 atom stereocenters. The van der Waals surface area contributed by atoms with E-state index in [4.69, 9.17) is 9.47 Å². The van der Waals surface area contributed by atoms with Gasteiger partial charge in [0.05, 0.1) is 4.75 Å². The molecule has 5 rings (SSSR count). The molecule has 0 radical (unpaired) electrons. The highest BCUT2D eigenvalue weighted by molar-refractivity contribution is 8.01. The van der Waals surface area contributed by atoms with Crippen molar-refractivity contribution >= 4 is 29.9 Å². The number of amides is 3. The van der Waals surface area contributed by atoms with Gasteiger partial charge in [0.1, 0.15) is 19.3 Å². The Hall–Kier alpha value is -4.50. The lowest BCUT2D eigenvalue weighted by Crippen LogP contribution is -2.45. The molecule has 1 unspecified atom stereocenters. The van der Waals surface area contributed by atoms with Crippen molar-refractivity contribution in [2.45, 2.75) is 41.3 Å². The highest BCUT2D eigenvalue weighted by atomic mass is 32.2. The number of nitrogens with one attached hydrogen (secondary N) is 1. The van der Waals surface area contributed by atoms with Gasteiger partial charge >= 0.3 is 12.2 Å². The number of likely N-dealkylation sites (N-methyl/N-ethyl adjacent to an activating group) is 1. The third-order valence-corrected chi connectivity index (χ3v) is 10.7. The third-order valence-electron chi connectivity index (χ3n) is 8.92. The monoisotopic (exact) mass is 653 g/mol. The molecular formula is C38H43N3O5S. The van der Waals surface area contributed by atoms with Gasteiger partial charge in [0.25, 0.3) is 0 Å². The van der Waals surface area contributed by atoms with Gasteiger partial charge in [-0.05, 0) is 41.9 Å². The van der Waals surface area contributed by atoms with Gasteiger partial charge in [-0.1, -0.05) is 116 Å². The van der Waals surface area contributed by atoms with Crippen LogP contribution in [0.25, 0.3) is 0 Å². The van der Waals surface area contributed by atoms with Crippen LogP contribution in [0.5, 0.6) is 0 Å². The number of rotatable bonds is 12. The van der Waals surface area contributed by atoms with E-state index in [2.05, 4.69) is 91.3 Å². The number of hydrogen-bond donors (Lipinski definition) is 1. The molecule has 2 aliphatic heterocycles. The highest BCUT2D eigenvalue weighted by Gasteiger charge is 2.47. The van der Waals surface area contributed by atoms with Gasteiger partial charge in [0.2, 0.25) is 5.91 Å². The van der Waals surface area contributed by atoms with Crippen molar-refractivity contribution < 1.29 is 23.9 Å². The number of benzene rings is 3. The van der Waals surface area contributed by atoms with Crippen LogP contribution in [-0.4, -0.2) is 78.6 Å². The van der Waals surface area contributed by atoms with Crippen LogP contribution in [0, 0.1) is 5.92 Å². The Morgan fingerprint density at radius 3 is 1.74 bits per heavy atom. The van der Waals surface area contributed by atoms with E-state index < -0.39 is 16.9 Å². The first-order chi connectivity index (χ1) is 22.9. The highest BCUT2D eigenvalue weighted by Crippen LogP contribution is 2.52. The van der Waals surface area contributed by atoms with E-state index in [1.54, 1.807) is 13.1 Å². The minimum Gasteiger partial charge on any atom is -0.445 e. The summed E-state index contributed by atoms with van der Waals surface area (Å²) in [6.45, 7) is 8.37. The zero-order valence-corrected chi connectivity index (χ0v) is 27.6. The average molecular weight is 654 g/mol. The molecule has 9 heteroatoms. The Morgan fingerprint density at radius 1 is 0.787 bits per heavy atom. The van der Waals surface area contributed by atoms with E-state index in [1.807, 2.05) is 34.9 Å². The maximum absolute atomic E-state index is 13.5. The van der Waals surface area contributed by atoms with E-state index in [9.17, 15) is 14.4 Å². The van der Waals surface area contributed by atoms with Gasteiger partial charge in [-0.2, -0.15) is 0 Å². The van der Waals surface area contributed by atoms with Crippen LogP contribution >= 0.6 is 11.8 Å². The second-order valence-corrected chi connectivity index (χ2v) is 13.4. The SMILES string of the molecule is C=CCOC(=O)N1C[C@@H](SC(c2ccccc2)(c2ccccc2)c2ccccc2)C[C@H]1CC1C[C@@H](C(=O)NC)N(C(=O)OCC=C)C1. The van der Waals surface area contributed by atoms with Crippen LogP contribution in [0.1, 0.15) is 36.0 Å². The van der Waals surface area contributed by atoms with Crippen molar-refractivity contribution in [2.75, 3.05) is 33.4 Å². The molecule has 2 saturated heterocycles. The van der Waals surface area contributed by atoms with E-state index in [-0.39, 0.29) is 42.4 Å². The largest absolute Gasteiger partial charge is 0.445 e. The van der Waals surface area contributed by atoms with Crippen molar-refractivity contribution in [3.8, 4) is 0 Å². The summed E-state index contributed by atoms with van der Waals surface area (Å²) in [6, 6.07) is 30.8. The van der Waals surface area contributed by atoms with Crippen LogP contribution in [0.3, 0.4) is 0 Å². The van der Waals surface area contributed by atoms with Crippen LogP contribution in [0.4, 0.5) is 9.59 Å². The Labute approximate surface area is 281 Å². The maximum Gasteiger partial charge on any atom is 0.410 e. The van der Waals surface area contributed by atoms with E-state index in [0.717, 1.165) is 23.1 Å². The second kappa shape index (κ2) is 15.9.